The van der Waals surface area contributed by atoms with Crippen LogP contribution in [0.4, 0.5) is 4.39 Å². The first kappa shape index (κ1) is 21.9. The molecule has 0 aliphatic rings. The lowest BCUT2D eigenvalue weighted by atomic mass is 9.99. The van der Waals surface area contributed by atoms with E-state index in [1.807, 2.05) is 25.1 Å². The fraction of sp³-hybridized carbons (Fsp3) is 0.400. The molecule has 0 unspecified atom stereocenters. The van der Waals surface area contributed by atoms with Crippen LogP contribution < -0.4 is 14.2 Å². The molecule has 0 N–H and O–H groups in total. The number of pyridine rings is 1. The molecule has 0 saturated heterocycles. The van der Waals surface area contributed by atoms with Crippen molar-refractivity contribution < 1.29 is 18.6 Å². The van der Waals surface area contributed by atoms with Crippen LogP contribution in [0.25, 0.3) is 10.9 Å². The van der Waals surface area contributed by atoms with E-state index in [9.17, 15) is 4.39 Å². The van der Waals surface area contributed by atoms with Crippen molar-refractivity contribution in [1.82, 2.24) is 4.98 Å². The molecule has 0 radical (unpaired) electrons. The molecular weight excluding hydrogens is 381 g/mol. The Bertz CT molecular complexity index is 984. The standard InChI is InChI=1S/C25H30FNO3/c1-5-7-18(8-6-2)16-29-25-15-21-19(14-24(25)28-4)22(11-12-27-21)30-23-10-9-17(3)13-20(23)26/h9-15,18H,5-8,16H2,1-4H3. The number of rotatable bonds is 10. The molecule has 0 spiro atoms. The highest BCUT2D eigenvalue weighted by atomic mass is 19.1. The molecule has 0 aliphatic heterocycles. The van der Waals surface area contributed by atoms with E-state index in [2.05, 4.69) is 18.8 Å². The van der Waals surface area contributed by atoms with Gasteiger partial charge in [-0.05, 0) is 55.5 Å². The van der Waals surface area contributed by atoms with E-state index in [0.717, 1.165) is 36.6 Å². The van der Waals surface area contributed by atoms with E-state index >= 15 is 0 Å². The molecule has 160 valence electrons. The van der Waals surface area contributed by atoms with Gasteiger partial charge in [-0.15, -0.1) is 0 Å². The second-order valence-electron chi connectivity index (χ2n) is 7.62. The largest absolute Gasteiger partial charge is 0.493 e. The summed E-state index contributed by atoms with van der Waals surface area (Å²) in [5.41, 5.74) is 1.55. The van der Waals surface area contributed by atoms with Gasteiger partial charge in [-0.3, -0.25) is 4.98 Å². The monoisotopic (exact) mass is 411 g/mol. The summed E-state index contributed by atoms with van der Waals surface area (Å²) in [4.78, 5) is 4.45. The van der Waals surface area contributed by atoms with Gasteiger partial charge in [0.15, 0.2) is 23.1 Å². The van der Waals surface area contributed by atoms with Gasteiger partial charge in [-0.1, -0.05) is 32.8 Å². The van der Waals surface area contributed by atoms with E-state index in [1.54, 1.807) is 25.4 Å². The van der Waals surface area contributed by atoms with E-state index < -0.39 is 5.82 Å². The minimum absolute atomic E-state index is 0.175. The van der Waals surface area contributed by atoms with Crippen molar-refractivity contribution in [3.05, 3.63) is 54.0 Å². The number of nitrogens with zero attached hydrogens (tertiary/aromatic N) is 1. The second kappa shape index (κ2) is 10.3. The van der Waals surface area contributed by atoms with Crippen LogP contribution in [0.2, 0.25) is 0 Å². The lowest BCUT2D eigenvalue weighted by Gasteiger charge is -2.18. The summed E-state index contributed by atoms with van der Waals surface area (Å²) < 4.78 is 31.8. The molecule has 0 fully saturated rings. The first-order chi connectivity index (χ1) is 14.5. The minimum atomic E-state index is -0.398. The highest BCUT2D eigenvalue weighted by molar-refractivity contribution is 5.88. The minimum Gasteiger partial charge on any atom is -0.493 e. The van der Waals surface area contributed by atoms with Crippen LogP contribution >= 0.6 is 0 Å². The highest BCUT2D eigenvalue weighted by Crippen LogP contribution is 2.38. The Hall–Kier alpha value is -2.82. The van der Waals surface area contributed by atoms with E-state index in [-0.39, 0.29) is 5.75 Å². The number of ether oxygens (including phenoxy) is 3. The predicted molar refractivity (Wildman–Crippen MR) is 118 cm³/mol. The summed E-state index contributed by atoms with van der Waals surface area (Å²) >= 11 is 0. The average molecular weight is 412 g/mol. The Kier molecular flexibility index (Phi) is 7.50. The zero-order chi connectivity index (χ0) is 21.5. The van der Waals surface area contributed by atoms with Gasteiger partial charge < -0.3 is 14.2 Å². The molecule has 2 aromatic carbocycles. The van der Waals surface area contributed by atoms with Gasteiger partial charge in [0.1, 0.15) is 5.75 Å². The maximum Gasteiger partial charge on any atom is 0.165 e. The van der Waals surface area contributed by atoms with Crippen LogP contribution in [0.3, 0.4) is 0 Å². The van der Waals surface area contributed by atoms with Crippen LogP contribution in [0.15, 0.2) is 42.6 Å². The summed E-state index contributed by atoms with van der Waals surface area (Å²) in [6, 6.07) is 10.3. The summed E-state index contributed by atoms with van der Waals surface area (Å²) in [5.74, 6) is 2.08. The smallest absolute Gasteiger partial charge is 0.165 e. The van der Waals surface area contributed by atoms with Crippen LogP contribution in [-0.4, -0.2) is 18.7 Å². The van der Waals surface area contributed by atoms with Gasteiger partial charge in [-0.2, -0.15) is 0 Å². The fourth-order valence-electron chi connectivity index (χ4n) is 3.63. The van der Waals surface area contributed by atoms with Crippen LogP contribution in [0, 0.1) is 18.7 Å². The fourth-order valence-corrected chi connectivity index (χ4v) is 3.63. The van der Waals surface area contributed by atoms with E-state index in [4.69, 9.17) is 14.2 Å². The van der Waals surface area contributed by atoms with Crippen molar-refractivity contribution in [2.24, 2.45) is 5.92 Å². The first-order valence-corrected chi connectivity index (χ1v) is 10.6. The number of benzene rings is 2. The van der Waals surface area contributed by atoms with Gasteiger partial charge in [0.05, 0.1) is 19.2 Å². The first-order valence-electron chi connectivity index (χ1n) is 10.6. The molecule has 1 heterocycles. The van der Waals surface area contributed by atoms with Crippen molar-refractivity contribution in [3.63, 3.8) is 0 Å². The summed E-state index contributed by atoms with van der Waals surface area (Å²) in [7, 11) is 1.61. The molecular formula is C25H30FNO3. The van der Waals surface area contributed by atoms with Crippen molar-refractivity contribution in [1.29, 1.82) is 0 Å². The Morgan fingerprint density at radius 1 is 0.933 bits per heavy atom. The van der Waals surface area contributed by atoms with Gasteiger partial charge >= 0.3 is 0 Å². The number of fused-ring (bicyclic) bond motifs is 1. The second-order valence-corrected chi connectivity index (χ2v) is 7.62. The zero-order valence-electron chi connectivity index (χ0n) is 18.2. The van der Waals surface area contributed by atoms with Crippen LogP contribution in [0.5, 0.6) is 23.0 Å². The lowest BCUT2D eigenvalue weighted by molar-refractivity contribution is 0.221. The lowest BCUT2D eigenvalue weighted by Crippen LogP contribution is -2.12. The zero-order valence-corrected chi connectivity index (χ0v) is 18.2. The average Bonchev–Trinajstić information content (AvgIpc) is 2.73. The van der Waals surface area contributed by atoms with Crippen LogP contribution in [-0.2, 0) is 0 Å². The Labute approximate surface area is 178 Å². The summed E-state index contributed by atoms with van der Waals surface area (Å²) in [6.07, 6.45) is 6.21. The predicted octanol–water partition coefficient (Wildman–Crippen LogP) is 7.08. The van der Waals surface area contributed by atoms with Crippen molar-refractivity contribution in [2.45, 2.75) is 46.5 Å². The van der Waals surface area contributed by atoms with Gasteiger partial charge in [-0.25, -0.2) is 4.39 Å². The number of aryl methyl sites for hydroxylation is 1. The Morgan fingerprint density at radius 3 is 2.37 bits per heavy atom. The van der Waals surface area contributed by atoms with Gasteiger partial charge in [0.2, 0.25) is 0 Å². The molecule has 30 heavy (non-hydrogen) atoms. The maximum atomic E-state index is 14.3. The third-order valence-electron chi connectivity index (χ3n) is 5.16. The highest BCUT2D eigenvalue weighted by Gasteiger charge is 2.15. The Balaban J connectivity index is 1.90. The molecule has 3 rings (SSSR count). The molecule has 0 saturated carbocycles. The van der Waals surface area contributed by atoms with Crippen molar-refractivity contribution in [3.8, 4) is 23.0 Å². The van der Waals surface area contributed by atoms with E-state index in [1.165, 1.54) is 6.07 Å². The third-order valence-corrected chi connectivity index (χ3v) is 5.16. The number of aromatic nitrogens is 1. The van der Waals surface area contributed by atoms with Crippen LogP contribution in [0.1, 0.15) is 45.1 Å². The molecule has 1 aromatic heterocycles. The van der Waals surface area contributed by atoms with Gasteiger partial charge in [0.25, 0.3) is 0 Å². The summed E-state index contributed by atoms with van der Waals surface area (Å²) in [6.45, 7) is 6.88. The quantitative estimate of drug-likeness (QED) is 0.357. The number of hydrogen-bond donors (Lipinski definition) is 0. The third kappa shape index (κ3) is 5.21. The molecule has 4 nitrogen and oxygen atoms in total. The SMILES string of the molecule is CCCC(CCC)COc1cc2nccc(Oc3ccc(C)cc3F)c2cc1OC. The molecule has 5 heteroatoms. The number of hydrogen-bond acceptors (Lipinski definition) is 4. The molecule has 0 atom stereocenters. The number of halogens is 1. The van der Waals surface area contributed by atoms with Crippen molar-refractivity contribution in [2.75, 3.05) is 13.7 Å². The summed E-state index contributed by atoms with van der Waals surface area (Å²) in [5, 5.41) is 0.736. The molecule has 0 aliphatic carbocycles. The van der Waals surface area contributed by atoms with Gasteiger partial charge in [0, 0.05) is 17.6 Å². The Morgan fingerprint density at radius 2 is 1.70 bits per heavy atom. The number of methoxy groups -OCH3 is 1. The van der Waals surface area contributed by atoms with E-state index in [0.29, 0.717) is 35.3 Å². The van der Waals surface area contributed by atoms with Crippen molar-refractivity contribution >= 4 is 10.9 Å². The normalized spacial score (nSPS) is 11.1. The molecule has 0 bridgehead atoms. The molecule has 0 amide bonds. The maximum absolute atomic E-state index is 14.3. The topological polar surface area (TPSA) is 40.6 Å². The molecule has 3 aromatic rings.